The molecule has 2 heterocycles. The van der Waals surface area contributed by atoms with Gasteiger partial charge in [-0.3, -0.25) is 9.98 Å². The molecule has 0 aliphatic rings. The van der Waals surface area contributed by atoms with Gasteiger partial charge in [-0.2, -0.15) is 0 Å². The van der Waals surface area contributed by atoms with Crippen LogP contribution < -0.4 is 9.97 Å². The van der Waals surface area contributed by atoms with Gasteiger partial charge in [-0.05, 0) is 25.2 Å². The molecule has 0 aliphatic heterocycles. The van der Waals surface area contributed by atoms with Crippen LogP contribution in [0.1, 0.15) is 36.6 Å². The van der Waals surface area contributed by atoms with Crippen molar-refractivity contribution in [1.82, 2.24) is 19.9 Å². The minimum Gasteiger partial charge on any atom is 0 e. The van der Waals surface area contributed by atoms with E-state index in [2.05, 4.69) is 43.8 Å². The van der Waals surface area contributed by atoms with Gasteiger partial charge in [-0.1, -0.05) is 37.9 Å². The summed E-state index contributed by atoms with van der Waals surface area (Å²) in [5, 5.41) is 0. The number of aromatic nitrogens is 4. The fourth-order valence-electron chi connectivity index (χ4n) is 1.74. The third kappa shape index (κ3) is 15.1. The van der Waals surface area contributed by atoms with Crippen molar-refractivity contribution in [3.05, 3.63) is 35.4 Å². The van der Waals surface area contributed by atoms with E-state index in [1.54, 1.807) is 25.1 Å². The number of rotatable bonds is 6. The molecular weight excluding hydrogens is 606 g/mol. The van der Waals surface area contributed by atoms with Crippen LogP contribution in [0.15, 0.2) is 22.6 Å². The minimum absolute atomic E-state index is 0. The third-order valence-electron chi connectivity index (χ3n) is 3.10. The van der Waals surface area contributed by atoms with Gasteiger partial charge in [0.25, 0.3) is 0 Å². The molecule has 6 nitrogen and oxygen atoms in total. The van der Waals surface area contributed by atoms with E-state index in [1.165, 1.54) is 0 Å². The van der Waals surface area contributed by atoms with Crippen molar-refractivity contribution in [1.29, 1.82) is 0 Å². The molecule has 1 radical (unpaired) electrons. The number of nitrogens with zero attached hydrogens (tertiary/aromatic N) is 6. The molecule has 171 valence electrons. The first-order chi connectivity index (χ1) is 12.4. The van der Waals surface area contributed by atoms with Gasteiger partial charge in [0, 0.05) is 53.3 Å². The molecule has 2 aromatic heterocycles. The summed E-state index contributed by atoms with van der Waals surface area (Å²) >= 11 is 0. The Bertz CT molecular complexity index is 775. The molecule has 0 saturated carbocycles. The molecule has 14 heteroatoms. The van der Waals surface area contributed by atoms with Crippen molar-refractivity contribution in [3.63, 3.8) is 0 Å². The summed E-state index contributed by atoms with van der Waals surface area (Å²) in [6, 6.07) is 0. The van der Waals surface area contributed by atoms with E-state index >= 15 is 0 Å². The Morgan fingerprint density at radius 1 is 0.862 bits per heavy atom. The number of aryl methyl sites for hydroxylation is 2. The SMILES string of the molecule is Cc1[n-]cnc1C=NCC(C)(C)CN=Cc1nc[n-]c1C.F[P-](F)(F)(F)(F)F.[Au]. The topological polar surface area (TPSA) is 78.7 Å². The quantitative estimate of drug-likeness (QED) is 0.197. The average Bonchev–Trinajstić information content (AvgIpc) is 3.05. The van der Waals surface area contributed by atoms with Crippen molar-refractivity contribution in [2.45, 2.75) is 27.7 Å². The van der Waals surface area contributed by atoms with E-state index in [0.717, 1.165) is 22.8 Å². The molecule has 0 aromatic carbocycles. The van der Waals surface area contributed by atoms with Crippen molar-refractivity contribution < 1.29 is 47.6 Å². The fraction of sp³-hybridized carbons (Fsp3) is 0.467. The number of imidazole rings is 2. The Morgan fingerprint density at radius 2 is 1.17 bits per heavy atom. The van der Waals surface area contributed by atoms with E-state index in [1.807, 2.05) is 13.8 Å². The maximum atomic E-state index is 9.87. The van der Waals surface area contributed by atoms with Crippen LogP contribution in [0.3, 0.4) is 0 Å². The van der Waals surface area contributed by atoms with Crippen LogP contribution in [-0.4, -0.2) is 35.5 Å². The third-order valence-corrected chi connectivity index (χ3v) is 3.10. The number of aliphatic imine (C=N–C) groups is 2. The second-order valence-electron chi connectivity index (χ2n) is 6.75. The number of hydrogen-bond donors (Lipinski definition) is 0. The first-order valence-electron chi connectivity index (χ1n) is 7.87. The van der Waals surface area contributed by atoms with E-state index < -0.39 is 7.81 Å². The van der Waals surface area contributed by atoms with Crippen LogP contribution in [-0.2, 0) is 22.4 Å². The Hall–Kier alpha value is -1.49. The molecule has 0 unspecified atom stereocenters. The summed E-state index contributed by atoms with van der Waals surface area (Å²) in [6.07, 6.45) is 6.66. The molecule has 0 N–H and O–H groups in total. The monoisotopic (exact) mass is 626 g/mol. The van der Waals surface area contributed by atoms with Crippen LogP contribution >= 0.6 is 7.81 Å². The maximum absolute atomic E-state index is 10.7. The zero-order chi connectivity index (χ0) is 21.7. The minimum atomic E-state index is -10.7. The molecule has 0 bridgehead atoms. The summed E-state index contributed by atoms with van der Waals surface area (Å²) < 4.78 is 59.2. The predicted octanol–water partition coefficient (Wildman–Crippen LogP) is 4.95. The van der Waals surface area contributed by atoms with Gasteiger partial charge in [-0.25, -0.2) is 0 Å². The summed E-state index contributed by atoms with van der Waals surface area (Å²) in [6.45, 7) is 9.48. The molecule has 0 atom stereocenters. The number of hydrogen-bond acceptors (Lipinski definition) is 4. The van der Waals surface area contributed by atoms with E-state index in [4.69, 9.17) is 0 Å². The Labute approximate surface area is 179 Å². The zero-order valence-corrected chi connectivity index (χ0v) is 19.0. The fourth-order valence-corrected chi connectivity index (χ4v) is 1.74. The molecule has 0 amide bonds. The van der Waals surface area contributed by atoms with E-state index in [0.29, 0.717) is 13.1 Å². The summed E-state index contributed by atoms with van der Waals surface area (Å²) in [4.78, 5) is 25.3. The van der Waals surface area contributed by atoms with Gasteiger partial charge in [0.2, 0.25) is 0 Å². The van der Waals surface area contributed by atoms with E-state index in [9.17, 15) is 25.2 Å². The maximum Gasteiger partial charge on any atom is 0 e. The van der Waals surface area contributed by atoms with Crippen LogP contribution in [0, 0.1) is 19.3 Å². The van der Waals surface area contributed by atoms with Crippen molar-refractivity contribution in [2.24, 2.45) is 15.4 Å². The zero-order valence-electron chi connectivity index (χ0n) is 15.9. The number of halogens is 6. The smallest absolute Gasteiger partial charge is 0 e. The normalized spacial score (nSPS) is 14.8. The van der Waals surface area contributed by atoms with Crippen LogP contribution in [0.5, 0.6) is 0 Å². The van der Waals surface area contributed by atoms with Gasteiger partial charge in [0.05, 0.1) is 0 Å². The standard InChI is InChI=1S/C15H20N6.Au.F6P/c1-11-13(20-9-18-11)5-16-7-15(3,4)8-17-6-14-12(2)19-10-21-14;;1-7(2,3,4,5)6/h5-6,9-10H,7-8H2,1-4H3;;/q-2;;-1. The van der Waals surface area contributed by atoms with Gasteiger partial charge in [-0.15, -0.1) is 0 Å². The molecule has 2 rings (SSSR count). The van der Waals surface area contributed by atoms with Gasteiger partial charge in [0.1, 0.15) is 0 Å². The molecule has 2 aromatic rings. The van der Waals surface area contributed by atoms with Crippen molar-refractivity contribution in [2.75, 3.05) is 13.1 Å². The largest absolute Gasteiger partial charge is 0 e. The van der Waals surface area contributed by atoms with Crippen LogP contribution in [0.4, 0.5) is 25.2 Å². The van der Waals surface area contributed by atoms with Crippen LogP contribution in [0.2, 0.25) is 0 Å². The molecule has 0 spiro atoms. The van der Waals surface area contributed by atoms with Gasteiger partial charge < -0.3 is 19.9 Å². The summed E-state index contributed by atoms with van der Waals surface area (Å²) in [5.41, 5.74) is 3.45. The summed E-state index contributed by atoms with van der Waals surface area (Å²) in [7, 11) is -10.7. The first-order valence-corrected chi connectivity index (χ1v) is 9.90. The van der Waals surface area contributed by atoms with Crippen LogP contribution in [0.25, 0.3) is 0 Å². The summed E-state index contributed by atoms with van der Waals surface area (Å²) in [5.74, 6) is 0. The second kappa shape index (κ2) is 9.11. The van der Waals surface area contributed by atoms with E-state index in [-0.39, 0.29) is 27.8 Å². The second-order valence-corrected chi connectivity index (χ2v) is 8.67. The Balaban J connectivity index is 0.000000846. The average molecular weight is 626 g/mol. The molecule has 0 aliphatic carbocycles. The van der Waals surface area contributed by atoms with Crippen molar-refractivity contribution in [3.8, 4) is 0 Å². The van der Waals surface area contributed by atoms with Gasteiger partial charge >= 0.3 is 33.0 Å². The Morgan fingerprint density at radius 3 is 1.41 bits per heavy atom. The molecule has 0 saturated heterocycles. The predicted molar refractivity (Wildman–Crippen MR) is 96.9 cm³/mol. The molecular formula is C15H20AuF6N6P-3. The Kier molecular flexibility index (Phi) is 8.64. The van der Waals surface area contributed by atoms with Crippen molar-refractivity contribution >= 4 is 20.2 Å². The molecule has 29 heavy (non-hydrogen) atoms. The molecule has 0 fully saturated rings. The van der Waals surface area contributed by atoms with Gasteiger partial charge in [0.15, 0.2) is 0 Å². The first kappa shape index (κ1) is 27.5.